The fourth-order valence-corrected chi connectivity index (χ4v) is 5.79. The van der Waals surface area contributed by atoms with Crippen molar-refractivity contribution in [1.82, 2.24) is 9.97 Å². The molecule has 2 aromatic heterocycles. The van der Waals surface area contributed by atoms with Gasteiger partial charge in [-0.2, -0.15) is 0 Å². The Bertz CT molecular complexity index is 1050. The average molecular weight is 425 g/mol. The average Bonchev–Trinajstić information content (AvgIpc) is 3.36. The fraction of sp³-hybridized carbons (Fsp3) is 0.478. The molecule has 30 heavy (non-hydrogen) atoms. The standard InChI is InChI=1S/C23H29N5OS/c1-16-17(2)30-23-21(16)22(24-20(25-23)15-26-9-5-6-10-26)28-13-11-27(12-14-28)18-7-3-4-8-19(18)29/h3-4,7-8,29H,5-6,9-15H2,1-2H3/p+1. The molecule has 5 rings (SSSR count). The van der Waals surface area contributed by atoms with Gasteiger partial charge in [0.15, 0.2) is 5.82 Å². The Kier molecular flexibility index (Phi) is 5.25. The lowest BCUT2D eigenvalue weighted by Crippen LogP contribution is -3.08. The number of hydrogen-bond acceptors (Lipinski definition) is 6. The molecule has 0 radical (unpaired) electrons. The molecule has 0 atom stereocenters. The Morgan fingerprint density at radius 2 is 1.70 bits per heavy atom. The third-order valence-corrected chi connectivity index (χ3v) is 7.68. The Hall–Kier alpha value is -2.38. The van der Waals surface area contributed by atoms with Crippen LogP contribution >= 0.6 is 11.3 Å². The van der Waals surface area contributed by atoms with E-state index in [0.717, 1.165) is 54.9 Å². The second kappa shape index (κ2) is 8.04. The lowest BCUT2D eigenvalue weighted by atomic mass is 10.1. The monoisotopic (exact) mass is 424 g/mol. The first-order valence-electron chi connectivity index (χ1n) is 11.0. The Morgan fingerprint density at radius 3 is 2.43 bits per heavy atom. The van der Waals surface area contributed by atoms with Gasteiger partial charge in [0.1, 0.15) is 22.9 Å². The lowest BCUT2D eigenvalue weighted by molar-refractivity contribution is -0.902. The van der Waals surface area contributed by atoms with Gasteiger partial charge in [0.25, 0.3) is 0 Å². The molecule has 0 aliphatic carbocycles. The molecule has 0 saturated carbocycles. The maximum Gasteiger partial charge on any atom is 0.187 e. The van der Waals surface area contributed by atoms with Crippen LogP contribution in [0.25, 0.3) is 10.2 Å². The summed E-state index contributed by atoms with van der Waals surface area (Å²) in [6.45, 7) is 11.3. The second-order valence-corrected chi connectivity index (χ2v) is 9.73. The van der Waals surface area contributed by atoms with Gasteiger partial charge in [0, 0.05) is 43.9 Å². The molecule has 3 aromatic rings. The van der Waals surface area contributed by atoms with Gasteiger partial charge in [-0.25, -0.2) is 9.97 Å². The number of aromatic nitrogens is 2. The Labute approximate surface area is 181 Å². The molecule has 1 aromatic carbocycles. The van der Waals surface area contributed by atoms with E-state index in [4.69, 9.17) is 9.97 Å². The summed E-state index contributed by atoms with van der Waals surface area (Å²) in [5, 5.41) is 11.5. The number of aromatic hydroxyl groups is 1. The summed E-state index contributed by atoms with van der Waals surface area (Å²) in [5.74, 6) is 2.45. The summed E-state index contributed by atoms with van der Waals surface area (Å²) in [7, 11) is 0. The zero-order valence-electron chi connectivity index (χ0n) is 17.8. The number of fused-ring (bicyclic) bond motifs is 1. The number of likely N-dealkylation sites (tertiary alicyclic amines) is 1. The number of hydrogen-bond donors (Lipinski definition) is 2. The molecule has 2 aliphatic heterocycles. The smallest absolute Gasteiger partial charge is 0.187 e. The summed E-state index contributed by atoms with van der Waals surface area (Å²) in [4.78, 5) is 18.8. The van der Waals surface area contributed by atoms with Gasteiger partial charge in [-0.05, 0) is 31.5 Å². The topological polar surface area (TPSA) is 56.9 Å². The number of nitrogens with one attached hydrogen (secondary N) is 1. The van der Waals surface area contributed by atoms with Gasteiger partial charge in [-0.1, -0.05) is 12.1 Å². The van der Waals surface area contributed by atoms with E-state index in [1.165, 1.54) is 41.8 Å². The molecule has 0 unspecified atom stereocenters. The highest BCUT2D eigenvalue weighted by atomic mass is 32.1. The lowest BCUT2D eigenvalue weighted by Gasteiger charge is -2.37. The number of aryl methyl sites for hydroxylation is 2. The van der Waals surface area contributed by atoms with Gasteiger partial charge in [0.05, 0.1) is 24.2 Å². The normalized spacial score (nSPS) is 17.9. The van der Waals surface area contributed by atoms with Crippen molar-refractivity contribution in [2.75, 3.05) is 49.1 Å². The maximum absolute atomic E-state index is 10.2. The zero-order valence-corrected chi connectivity index (χ0v) is 18.6. The van der Waals surface area contributed by atoms with Crippen molar-refractivity contribution in [2.24, 2.45) is 0 Å². The highest BCUT2D eigenvalue weighted by Crippen LogP contribution is 2.36. The van der Waals surface area contributed by atoms with E-state index in [-0.39, 0.29) is 0 Å². The van der Waals surface area contributed by atoms with Gasteiger partial charge in [0.2, 0.25) is 0 Å². The molecule has 0 bridgehead atoms. The van der Waals surface area contributed by atoms with Crippen LogP contribution in [0.4, 0.5) is 11.5 Å². The predicted molar refractivity (Wildman–Crippen MR) is 123 cm³/mol. The van der Waals surface area contributed by atoms with Crippen molar-refractivity contribution in [3.05, 3.63) is 40.5 Å². The van der Waals surface area contributed by atoms with Crippen LogP contribution in [-0.2, 0) is 6.54 Å². The number of piperazine rings is 1. The number of thiophene rings is 1. The van der Waals surface area contributed by atoms with Gasteiger partial charge < -0.3 is 19.8 Å². The van der Waals surface area contributed by atoms with Crippen LogP contribution in [0, 0.1) is 13.8 Å². The van der Waals surface area contributed by atoms with Gasteiger partial charge in [-0.3, -0.25) is 0 Å². The van der Waals surface area contributed by atoms with Crippen LogP contribution in [0.1, 0.15) is 29.1 Å². The molecular formula is C23H30N5OS+. The summed E-state index contributed by atoms with van der Waals surface area (Å²) in [5.41, 5.74) is 2.24. The van der Waals surface area contributed by atoms with E-state index in [1.54, 1.807) is 22.3 Å². The Morgan fingerprint density at radius 1 is 1.00 bits per heavy atom. The second-order valence-electron chi connectivity index (χ2n) is 8.52. The van der Waals surface area contributed by atoms with Gasteiger partial charge >= 0.3 is 0 Å². The number of nitrogens with zero attached hydrogens (tertiary/aromatic N) is 4. The van der Waals surface area contributed by atoms with Crippen molar-refractivity contribution in [1.29, 1.82) is 0 Å². The van der Waals surface area contributed by atoms with Crippen molar-refractivity contribution >= 4 is 33.1 Å². The van der Waals surface area contributed by atoms with Crippen molar-refractivity contribution in [3.8, 4) is 5.75 Å². The van der Waals surface area contributed by atoms with Crippen LogP contribution in [0.5, 0.6) is 5.75 Å². The molecule has 0 spiro atoms. The third-order valence-electron chi connectivity index (χ3n) is 6.58. The first kappa shape index (κ1) is 19.6. The number of quaternary nitrogens is 1. The largest absolute Gasteiger partial charge is 0.506 e. The van der Waals surface area contributed by atoms with Crippen LogP contribution in [0.15, 0.2) is 24.3 Å². The molecular weight excluding hydrogens is 394 g/mol. The quantitative estimate of drug-likeness (QED) is 0.674. The number of benzene rings is 1. The highest BCUT2D eigenvalue weighted by Gasteiger charge is 2.26. The molecule has 158 valence electrons. The first-order valence-corrected chi connectivity index (χ1v) is 11.8. The fourth-order valence-electron chi connectivity index (χ4n) is 4.75. The molecule has 2 N–H and O–H groups in total. The number of anilines is 2. The minimum atomic E-state index is 0.357. The van der Waals surface area contributed by atoms with E-state index >= 15 is 0 Å². The van der Waals surface area contributed by atoms with Crippen LogP contribution in [0.2, 0.25) is 0 Å². The number of rotatable bonds is 4. The van der Waals surface area contributed by atoms with E-state index in [0.29, 0.717) is 5.75 Å². The molecule has 2 aliphatic rings. The molecule has 7 heteroatoms. The van der Waals surface area contributed by atoms with E-state index in [9.17, 15) is 5.11 Å². The molecule has 4 heterocycles. The minimum absolute atomic E-state index is 0.357. The number of phenols is 1. The van der Waals surface area contributed by atoms with E-state index in [1.807, 2.05) is 18.2 Å². The van der Waals surface area contributed by atoms with Gasteiger partial charge in [-0.15, -0.1) is 11.3 Å². The number of para-hydroxylation sites is 2. The summed E-state index contributed by atoms with van der Waals surface area (Å²) >= 11 is 1.80. The van der Waals surface area contributed by atoms with E-state index in [2.05, 4.69) is 23.6 Å². The SMILES string of the molecule is Cc1sc2nc(C[NH+]3CCCC3)nc(N3CCN(c4ccccc4O)CC3)c2c1C. The number of phenolic OH excluding ortho intramolecular Hbond substituents is 1. The first-order chi connectivity index (χ1) is 14.6. The minimum Gasteiger partial charge on any atom is -0.506 e. The van der Waals surface area contributed by atoms with Crippen molar-refractivity contribution in [3.63, 3.8) is 0 Å². The van der Waals surface area contributed by atoms with Crippen LogP contribution < -0.4 is 14.7 Å². The summed E-state index contributed by atoms with van der Waals surface area (Å²) in [6, 6.07) is 7.62. The highest BCUT2D eigenvalue weighted by molar-refractivity contribution is 7.18. The molecule has 2 fully saturated rings. The molecule has 6 nitrogen and oxygen atoms in total. The van der Waals surface area contributed by atoms with Crippen molar-refractivity contribution in [2.45, 2.75) is 33.2 Å². The molecule has 0 amide bonds. The van der Waals surface area contributed by atoms with Crippen molar-refractivity contribution < 1.29 is 10.0 Å². The Balaban J connectivity index is 1.43. The zero-order chi connectivity index (χ0) is 20.7. The van der Waals surface area contributed by atoms with Crippen LogP contribution in [-0.4, -0.2) is 54.3 Å². The third kappa shape index (κ3) is 3.61. The summed E-state index contributed by atoms with van der Waals surface area (Å²) < 4.78 is 0. The van der Waals surface area contributed by atoms with E-state index < -0.39 is 0 Å². The molecule has 2 saturated heterocycles. The summed E-state index contributed by atoms with van der Waals surface area (Å²) in [6.07, 6.45) is 2.63. The predicted octanol–water partition coefficient (Wildman–Crippen LogP) is 2.52. The van der Waals surface area contributed by atoms with Crippen LogP contribution in [0.3, 0.4) is 0 Å². The maximum atomic E-state index is 10.2.